The van der Waals surface area contributed by atoms with Crippen molar-refractivity contribution in [1.82, 2.24) is 4.90 Å². The molecule has 1 aliphatic heterocycles. The number of alkyl halides is 2. The lowest BCUT2D eigenvalue weighted by molar-refractivity contribution is -0.0524. The lowest BCUT2D eigenvalue weighted by atomic mass is 10.1. The van der Waals surface area contributed by atoms with E-state index in [4.69, 9.17) is 9.15 Å². The Bertz CT molecular complexity index is 618. The van der Waals surface area contributed by atoms with Crippen molar-refractivity contribution in [3.8, 4) is 5.75 Å². The molecule has 0 N–H and O–H groups in total. The van der Waals surface area contributed by atoms with Crippen LogP contribution in [0.4, 0.5) is 8.78 Å². The van der Waals surface area contributed by atoms with E-state index in [-0.39, 0.29) is 17.9 Å². The van der Waals surface area contributed by atoms with Gasteiger partial charge in [-0.05, 0) is 36.8 Å². The fourth-order valence-corrected chi connectivity index (χ4v) is 2.82. The minimum atomic E-state index is -2.83. The third-order valence-electron chi connectivity index (χ3n) is 4.06. The Morgan fingerprint density at radius 1 is 1.26 bits per heavy atom. The van der Waals surface area contributed by atoms with Gasteiger partial charge in [-0.15, -0.1) is 0 Å². The Morgan fingerprint density at radius 2 is 2.13 bits per heavy atom. The fraction of sp³-hybridized carbons (Fsp3) is 0.412. The molecular weight excluding hydrogens is 304 g/mol. The molecule has 0 unspecified atom stereocenters. The highest BCUT2D eigenvalue weighted by Gasteiger charge is 2.27. The van der Waals surface area contributed by atoms with Gasteiger partial charge in [-0.3, -0.25) is 4.90 Å². The van der Waals surface area contributed by atoms with Crippen LogP contribution in [0.2, 0.25) is 0 Å². The van der Waals surface area contributed by atoms with Gasteiger partial charge in [0.2, 0.25) is 0 Å². The molecule has 6 heteroatoms. The average molecular weight is 323 g/mol. The summed E-state index contributed by atoms with van der Waals surface area (Å²) in [5, 5.41) is 0. The van der Waals surface area contributed by atoms with Crippen LogP contribution >= 0.6 is 0 Å². The Hall–Kier alpha value is -1.92. The first-order valence-electron chi connectivity index (χ1n) is 7.57. The van der Waals surface area contributed by atoms with Gasteiger partial charge in [0.1, 0.15) is 11.5 Å². The van der Waals surface area contributed by atoms with Crippen LogP contribution in [0.1, 0.15) is 30.4 Å². The molecule has 1 saturated heterocycles. The smallest absolute Gasteiger partial charge is 0.387 e. The second-order valence-electron chi connectivity index (χ2n) is 5.50. The Kier molecular flexibility index (Phi) is 4.93. The van der Waals surface area contributed by atoms with Crippen molar-refractivity contribution in [3.05, 3.63) is 54.0 Å². The second kappa shape index (κ2) is 7.10. The van der Waals surface area contributed by atoms with E-state index in [0.717, 1.165) is 17.9 Å². The summed E-state index contributed by atoms with van der Waals surface area (Å²) in [6.45, 7) is 1.30. The van der Waals surface area contributed by atoms with E-state index >= 15 is 0 Å². The van der Waals surface area contributed by atoms with Crippen LogP contribution in [0, 0.1) is 0 Å². The van der Waals surface area contributed by atoms with Crippen LogP contribution in [-0.2, 0) is 4.74 Å². The molecule has 0 saturated carbocycles. The lowest BCUT2D eigenvalue weighted by Crippen LogP contribution is -2.39. The number of rotatable bonds is 5. The predicted molar refractivity (Wildman–Crippen MR) is 80.5 cm³/mol. The van der Waals surface area contributed by atoms with Crippen LogP contribution in [0.5, 0.6) is 5.75 Å². The SMILES string of the molecule is C[C@H](c1ccco1)N1CCO[C@H](c2cccc(OC(F)F)c2)C1. The topological polar surface area (TPSA) is 34.8 Å². The summed E-state index contributed by atoms with van der Waals surface area (Å²) in [5.41, 5.74) is 0.833. The fourth-order valence-electron chi connectivity index (χ4n) is 2.82. The Labute approximate surface area is 133 Å². The normalized spacial score (nSPS) is 20.6. The first kappa shape index (κ1) is 16.0. The molecule has 1 aromatic carbocycles. The minimum Gasteiger partial charge on any atom is -0.468 e. The van der Waals surface area contributed by atoms with E-state index in [1.54, 1.807) is 18.4 Å². The zero-order chi connectivity index (χ0) is 16.2. The summed E-state index contributed by atoms with van der Waals surface area (Å²) >= 11 is 0. The molecule has 0 aliphatic carbocycles. The summed E-state index contributed by atoms with van der Waals surface area (Å²) < 4.78 is 40.4. The lowest BCUT2D eigenvalue weighted by Gasteiger charge is -2.36. The van der Waals surface area contributed by atoms with Gasteiger partial charge < -0.3 is 13.9 Å². The Balaban J connectivity index is 1.71. The van der Waals surface area contributed by atoms with Gasteiger partial charge in [-0.1, -0.05) is 12.1 Å². The number of hydrogen-bond donors (Lipinski definition) is 0. The third kappa shape index (κ3) is 3.89. The van der Waals surface area contributed by atoms with E-state index in [2.05, 4.69) is 16.6 Å². The van der Waals surface area contributed by atoms with Gasteiger partial charge in [0.15, 0.2) is 0 Å². The number of halogens is 2. The number of benzene rings is 1. The summed E-state index contributed by atoms with van der Waals surface area (Å²) in [6.07, 6.45) is 1.48. The van der Waals surface area contributed by atoms with Crippen molar-refractivity contribution >= 4 is 0 Å². The molecule has 0 spiro atoms. The minimum absolute atomic E-state index is 0.136. The summed E-state index contributed by atoms with van der Waals surface area (Å²) in [6, 6.07) is 10.6. The maximum Gasteiger partial charge on any atom is 0.387 e. The highest BCUT2D eigenvalue weighted by molar-refractivity contribution is 5.30. The van der Waals surface area contributed by atoms with Gasteiger partial charge in [0.25, 0.3) is 0 Å². The molecule has 3 rings (SSSR count). The zero-order valence-corrected chi connectivity index (χ0v) is 12.8. The van der Waals surface area contributed by atoms with Crippen LogP contribution in [0.15, 0.2) is 47.1 Å². The van der Waals surface area contributed by atoms with E-state index in [1.807, 2.05) is 18.2 Å². The summed E-state index contributed by atoms with van der Waals surface area (Å²) in [5.74, 6) is 1.05. The molecule has 1 fully saturated rings. The summed E-state index contributed by atoms with van der Waals surface area (Å²) in [4.78, 5) is 2.26. The van der Waals surface area contributed by atoms with Crippen molar-refractivity contribution in [2.24, 2.45) is 0 Å². The molecule has 4 nitrogen and oxygen atoms in total. The molecule has 1 aliphatic rings. The predicted octanol–water partition coefficient (Wildman–Crippen LogP) is 4.02. The van der Waals surface area contributed by atoms with Gasteiger partial charge in [0.05, 0.1) is 25.0 Å². The Morgan fingerprint density at radius 3 is 2.87 bits per heavy atom. The van der Waals surface area contributed by atoms with Crippen LogP contribution in [-0.4, -0.2) is 31.2 Å². The van der Waals surface area contributed by atoms with Crippen LogP contribution in [0.25, 0.3) is 0 Å². The molecule has 124 valence electrons. The quantitative estimate of drug-likeness (QED) is 0.832. The van der Waals surface area contributed by atoms with E-state index in [0.29, 0.717) is 13.2 Å². The molecule has 2 aromatic rings. The highest BCUT2D eigenvalue weighted by atomic mass is 19.3. The number of hydrogen-bond acceptors (Lipinski definition) is 4. The van der Waals surface area contributed by atoms with Crippen molar-refractivity contribution < 1.29 is 22.7 Å². The zero-order valence-electron chi connectivity index (χ0n) is 12.8. The van der Waals surface area contributed by atoms with Gasteiger partial charge in [-0.2, -0.15) is 8.78 Å². The van der Waals surface area contributed by atoms with E-state index in [1.165, 1.54) is 6.07 Å². The maximum atomic E-state index is 12.3. The number of nitrogens with zero attached hydrogens (tertiary/aromatic N) is 1. The highest BCUT2D eigenvalue weighted by Crippen LogP contribution is 2.30. The van der Waals surface area contributed by atoms with Crippen LogP contribution in [0.3, 0.4) is 0 Å². The number of morpholine rings is 1. The maximum absolute atomic E-state index is 12.3. The van der Waals surface area contributed by atoms with Crippen molar-refractivity contribution in [1.29, 1.82) is 0 Å². The molecule has 0 amide bonds. The van der Waals surface area contributed by atoms with Gasteiger partial charge in [0, 0.05) is 13.1 Å². The van der Waals surface area contributed by atoms with Crippen LogP contribution < -0.4 is 4.74 Å². The molecule has 0 radical (unpaired) electrons. The molecule has 1 aromatic heterocycles. The van der Waals surface area contributed by atoms with Gasteiger partial charge >= 0.3 is 6.61 Å². The summed E-state index contributed by atoms with van der Waals surface area (Å²) in [7, 11) is 0. The molecule has 2 heterocycles. The molecular formula is C17H19F2NO3. The second-order valence-corrected chi connectivity index (χ2v) is 5.50. The standard InChI is InChI=1S/C17H19F2NO3/c1-12(15-6-3-8-21-15)20-7-9-22-16(11-20)13-4-2-5-14(10-13)23-17(18)19/h2-6,8,10,12,16-17H,7,9,11H2,1H3/t12-,16+/m1/s1. The largest absolute Gasteiger partial charge is 0.468 e. The molecule has 0 bridgehead atoms. The molecule has 23 heavy (non-hydrogen) atoms. The van der Waals surface area contributed by atoms with Crippen molar-refractivity contribution in [2.75, 3.05) is 19.7 Å². The van der Waals surface area contributed by atoms with E-state index in [9.17, 15) is 8.78 Å². The average Bonchev–Trinajstić information content (AvgIpc) is 3.08. The van der Waals surface area contributed by atoms with Crippen molar-refractivity contribution in [2.45, 2.75) is 25.7 Å². The molecule has 2 atom stereocenters. The monoisotopic (exact) mass is 323 g/mol. The number of furan rings is 1. The van der Waals surface area contributed by atoms with Gasteiger partial charge in [-0.25, -0.2) is 0 Å². The third-order valence-corrected chi connectivity index (χ3v) is 4.06. The van der Waals surface area contributed by atoms with E-state index < -0.39 is 6.61 Å². The first-order valence-corrected chi connectivity index (χ1v) is 7.57. The number of ether oxygens (including phenoxy) is 2. The van der Waals surface area contributed by atoms with Crippen molar-refractivity contribution in [3.63, 3.8) is 0 Å². The first-order chi connectivity index (χ1) is 11.1.